The van der Waals surface area contributed by atoms with Crippen molar-refractivity contribution in [3.8, 4) is 0 Å². The third kappa shape index (κ3) is 3.06. The molecule has 4 heteroatoms. The van der Waals surface area contributed by atoms with Gasteiger partial charge in [-0.05, 0) is 37.1 Å². The quantitative estimate of drug-likeness (QED) is 0.930. The molecule has 1 aliphatic heterocycles. The van der Waals surface area contributed by atoms with E-state index >= 15 is 0 Å². The molecule has 1 aromatic carbocycles. The minimum absolute atomic E-state index is 0.138. The highest BCUT2D eigenvalue weighted by Gasteiger charge is 2.32. The van der Waals surface area contributed by atoms with Crippen molar-refractivity contribution in [2.24, 2.45) is 11.1 Å². The van der Waals surface area contributed by atoms with E-state index in [0.29, 0.717) is 13.1 Å². The van der Waals surface area contributed by atoms with Gasteiger partial charge in [0.05, 0.1) is 0 Å². The topological polar surface area (TPSA) is 29.3 Å². The van der Waals surface area contributed by atoms with Crippen LogP contribution in [0, 0.1) is 11.2 Å². The SMILES string of the molecule is CC1(CN)CCN(Cc2ccc(Br)cc2F)C1. The molecule has 2 nitrogen and oxygen atoms in total. The molecule has 1 aromatic rings. The molecule has 0 amide bonds. The van der Waals surface area contributed by atoms with Crippen LogP contribution in [0.4, 0.5) is 4.39 Å². The van der Waals surface area contributed by atoms with Gasteiger partial charge in [-0.1, -0.05) is 28.9 Å². The minimum atomic E-state index is -0.138. The maximum absolute atomic E-state index is 13.7. The zero-order valence-electron chi connectivity index (χ0n) is 10.0. The van der Waals surface area contributed by atoms with E-state index in [4.69, 9.17) is 5.73 Å². The van der Waals surface area contributed by atoms with Crippen molar-refractivity contribution in [2.75, 3.05) is 19.6 Å². The summed E-state index contributed by atoms with van der Waals surface area (Å²) in [6.07, 6.45) is 1.10. The molecule has 0 aromatic heterocycles. The lowest BCUT2D eigenvalue weighted by Gasteiger charge is -2.22. The highest BCUT2D eigenvalue weighted by atomic mass is 79.9. The van der Waals surface area contributed by atoms with Crippen molar-refractivity contribution in [3.05, 3.63) is 34.1 Å². The Labute approximate surface area is 110 Å². The van der Waals surface area contributed by atoms with Gasteiger partial charge in [-0.3, -0.25) is 4.90 Å². The number of hydrogen-bond acceptors (Lipinski definition) is 2. The third-order valence-corrected chi connectivity index (χ3v) is 4.03. The molecule has 2 rings (SSSR count). The second-order valence-electron chi connectivity index (χ2n) is 5.21. The Kier molecular flexibility index (Phi) is 3.85. The normalized spacial score (nSPS) is 25.4. The molecule has 1 aliphatic rings. The van der Waals surface area contributed by atoms with Crippen molar-refractivity contribution in [1.29, 1.82) is 0 Å². The van der Waals surface area contributed by atoms with E-state index in [-0.39, 0.29) is 11.2 Å². The average molecular weight is 301 g/mol. The Morgan fingerprint density at radius 1 is 1.53 bits per heavy atom. The van der Waals surface area contributed by atoms with Crippen molar-refractivity contribution in [3.63, 3.8) is 0 Å². The Morgan fingerprint density at radius 2 is 2.29 bits per heavy atom. The second-order valence-corrected chi connectivity index (χ2v) is 6.13. The van der Waals surface area contributed by atoms with Crippen LogP contribution in [0.1, 0.15) is 18.9 Å². The van der Waals surface area contributed by atoms with E-state index < -0.39 is 0 Å². The van der Waals surface area contributed by atoms with Crippen LogP contribution < -0.4 is 5.73 Å². The molecule has 1 atom stereocenters. The van der Waals surface area contributed by atoms with E-state index in [0.717, 1.165) is 29.5 Å². The van der Waals surface area contributed by atoms with Gasteiger partial charge in [-0.2, -0.15) is 0 Å². The summed E-state index contributed by atoms with van der Waals surface area (Å²) in [5.41, 5.74) is 6.73. The van der Waals surface area contributed by atoms with E-state index in [1.807, 2.05) is 12.1 Å². The fourth-order valence-electron chi connectivity index (χ4n) is 2.32. The summed E-state index contributed by atoms with van der Waals surface area (Å²) in [6.45, 7) is 5.54. The van der Waals surface area contributed by atoms with Crippen LogP contribution in [0.15, 0.2) is 22.7 Å². The van der Waals surface area contributed by atoms with Crippen LogP contribution in [0.2, 0.25) is 0 Å². The molecular formula is C13H18BrFN2. The summed E-state index contributed by atoms with van der Waals surface area (Å²) in [5.74, 6) is -0.138. The first-order chi connectivity index (χ1) is 8.02. The van der Waals surface area contributed by atoms with Gasteiger partial charge in [0, 0.05) is 23.1 Å². The van der Waals surface area contributed by atoms with Crippen LogP contribution in [-0.2, 0) is 6.54 Å². The van der Waals surface area contributed by atoms with E-state index in [2.05, 4.69) is 27.8 Å². The average Bonchev–Trinajstić information content (AvgIpc) is 2.66. The van der Waals surface area contributed by atoms with Crippen molar-refractivity contribution in [1.82, 2.24) is 4.90 Å². The third-order valence-electron chi connectivity index (χ3n) is 3.54. The molecular weight excluding hydrogens is 283 g/mol. The fraction of sp³-hybridized carbons (Fsp3) is 0.538. The highest BCUT2D eigenvalue weighted by molar-refractivity contribution is 9.10. The maximum atomic E-state index is 13.7. The number of nitrogens with zero attached hydrogens (tertiary/aromatic N) is 1. The molecule has 1 saturated heterocycles. The van der Waals surface area contributed by atoms with E-state index in [1.165, 1.54) is 6.07 Å². The lowest BCUT2D eigenvalue weighted by molar-refractivity contribution is 0.271. The van der Waals surface area contributed by atoms with Gasteiger partial charge in [0.25, 0.3) is 0 Å². The van der Waals surface area contributed by atoms with Crippen molar-refractivity contribution >= 4 is 15.9 Å². The number of benzene rings is 1. The van der Waals surface area contributed by atoms with Gasteiger partial charge in [0.2, 0.25) is 0 Å². The molecule has 1 unspecified atom stereocenters. The molecule has 94 valence electrons. The molecule has 2 N–H and O–H groups in total. The predicted molar refractivity (Wildman–Crippen MR) is 71.2 cm³/mol. The van der Waals surface area contributed by atoms with Crippen LogP contribution in [-0.4, -0.2) is 24.5 Å². The molecule has 0 saturated carbocycles. The lowest BCUT2D eigenvalue weighted by Crippen LogP contribution is -2.31. The summed E-state index contributed by atoms with van der Waals surface area (Å²) >= 11 is 3.27. The minimum Gasteiger partial charge on any atom is -0.330 e. The van der Waals surface area contributed by atoms with Gasteiger partial charge >= 0.3 is 0 Å². The summed E-state index contributed by atoms with van der Waals surface area (Å²) in [6, 6.07) is 5.25. The monoisotopic (exact) mass is 300 g/mol. The first kappa shape index (κ1) is 13.0. The number of nitrogens with two attached hydrogens (primary N) is 1. The second kappa shape index (κ2) is 5.04. The Hall–Kier alpha value is -0.450. The first-order valence-corrected chi connectivity index (χ1v) is 6.68. The van der Waals surface area contributed by atoms with Gasteiger partial charge in [0.1, 0.15) is 5.82 Å². The zero-order chi connectivity index (χ0) is 12.5. The maximum Gasteiger partial charge on any atom is 0.128 e. The van der Waals surface area contributed by atoms with Gasteiger partial charge in [-0.25, -0.2) is 4.39 Å². The zero-order valence-corrected chi connectivity index (χ0v) is 11.6. The molecule has 0 bridgehead atoms. The van der Waals surface area contributed by atoms with Gasteiger partial charge < -0.3 is 5.73 Å². The van der Waals surface area contributed by atoms with Crippen LogP contribution in [0.5, 0.6) is 0 Å². The molecule has 1 fully saturated rings. The fourth-order valence-corrected chi connectivity index (χ4v) is 2.65. The number of likely N-dealkylation sites (tertiary alicyclic amines) is 1. The van der Waals surface area contributed by atoms with Crippen LogP contribution in [0.3, 0.4) is 0 Å². The first-order valence-electron chi connectivity index (χ1n) is 5.89. The lowest BCUT2D eigenvalue weighted by atomic mass is 9.90. The predicted octanol–water partition coefficient (Wildman–Crippen LogP) is 2.76. The van der Waals surface area contributed by atoms with E-state index in [9.17, 15) is 4.39 Å². The number of halogens is 2. The Balaban J connectivity index is 2.03. The number of rotatable bonds is 3. The van der Waals surface area contributed by atoms with Crippen molar-refractivity contribution in [2.45, 2.75) is 19.9 Å². The summed E-state index contributed by atoms with van der Waals surface area (Å²) in [7, 11) is 0. The molecule has 0 aliphatic carbocycles. The summed E-state index contributed by atoms with van der Waals surface area (Å²) in [5, 5.41) is 0. The smallest absolute Gasteiger partial charge is 0.128 e. The summed E-state index contributed by atoms with van der Waals surface area (Å²) in [4.78, 5) is 2.28. The Bertz CT molecular complexity index is 410. The summed E-state index contributed by atoms with van der Waals surface area (Å²) < 4.78 is 14.5. The standard InChI is InChI=1S/C13H18BrFN2/c1-13(8-16)4-5-17(9-13)7-10-2-3-11(14)6-12(10)15/h2-3,6H,4-5,7-9,16H2,1H3. The number of hydrogen-bond donors (Lipinski definition) is 1. The molecule has 1 heterocycles. The Morgan fingerprint density at radius 3 is 2.88 bits per heavy atom. The van der Waals surface area contributed by atoms with Gasteiger partial charge in [0.15, 0.2) is 0 Å². The van der Waals surface area contributed by atoms with Crippen LogP contribution in [0.25, 0.3) is 0 Å². The molecule has 17 heavy (non-hydrogen) atoms. The largest absolute Gasteiger partial charge is 0.330 e. The van der Waals surface area contributed by atoms with Crippen molar-refractivity contribution < 1.29 is 4.39 Å². The molecule has 0 radical (unpaired) electrons. The van der Waals surface area contributed by atoms with Crippen LogP contribution >= 0.6 is 15.9 Å². The van der Waals surface area contributed by atoms with E-state index in [1.54, 1.807) is 0 Å². The molecule has 0 spiro atoms. The highest BCUT2D eigenvalue weighted by Crippen LogP contribution is 2.30. The van der Waals surface area contributed by atoms with Gasteiger partial charge in [-0.15, -0.1) is 0 Å².